The monoisotopic (exact) mass is 559 g/mol. The molecule has 1 N–H and O–H groups in total. The summed E-state index contributed by atoms with van der Waals surface area (Å²) in [6, 6.07) is 14.0. The number of nitrogens with zero attached hydrogens (tertiary/aromatic N) is 1. The average Bonchev–Trinajstić information content (AvgIpc) is 3.12. The number of ether oxygens (including phenoxy) is 1. The molecule has 2 aromatic rings. The van der Waals surface area contributed by atoms with Crippen LogP contribution in [-0.4, -0.2) is 40.3 Å². The van der Waals surface area contributed by atoms with E-state index in [9.17, 15) is 9.59 Å². The molecule has 1 aliphatic heterocycles. The van der Waals surface area contributed by atoms with Gasteiger partial charge in [-0.1, -0.05) is 57.2 Å². The van der Waals surface area contributed by atoms with Crippen LogP contribution in [0.3, 0.4) is 0 Å². The first-order valence-corrected chi connectivity index (χ1v) is 11.6. The molecule has 1 heterocycles. The van der Waals surface area contributed by atoms with E-state index < -0.39 is 23.2 Å². The van der Waals surface area contributed by atoms with Crippen LogP contribution in [0.5, 0.6) is 0 Å². The maximum atomic E-state index is 13.3. The molecule has 0 unspecified atom stereocenters. The molecule has 3 rings (SSSR count). The SMILES string of the molecule is CC(C)(C)OC(=O)N[C@H](C(=O)N1[CH-]C[C@@H](Sc2cccc3ccccc23)C1)C(C)(C)C.[Co].[Co]. The summed E-state index contributed by atoms with van der Waals surface area (Å²) in [7, 11) is 0. The van der Waals surface area contributed by atoms with Crippen molar-refractivity contribution in [3.8, 4) is 0 Å². The summed E-state index contributed by atoms with van der Waals surface area (Å²) >= 11 is 1.81. The molecule has 2 radical (unpaired) electrons. The molecule has 2 amide bonds. The van der Waals surface area contributed by atoms with Crippen molar-refractivity contribution < 1.29 is 47.9 Å². The van der Waals surface area contributed by atoms with Crippen LogP contribution in [0.15, 0.2) is 47.4 Å². The van der Waals surface area contributed by atoms with Gasteiger partial charge < -0.3 is 15.0 Å². The maximum absolute atomic E-state index is 13.3. The number of rotatable bonds is 4. The van der Waals surface area contributed by atoms with Gasteiger partial charge in [0.05, 0.1) is 0 Å². The van der Waals surface area contributed by atoms with E-state index in [1.54, 1.807) is 16.7 Å². The molecule has 0 bridgehead atoms. The quantitative estimate of drug-likeness (QED) is 0.494. The third-order valence-electron chi connectivity index (χ3n) is 5.09. The Hall–Kier alpha value is -1.20. The molecule has 5 nitrogen and oxygen atoms in total. The predicted molar refractivity (Wildman–Crippen MR) is 127 cm³/mol. The minimum atomic E-state index is -0.667. The molecule has 2 atom stereocenters. The summed E-state index contributed by atoms with van der Waals surface area (Å²) in [6.07, 6.45) is 0.241. The van der Waals surface area contributed by atoms with E-state index in [0.29, 0.717) is 6.54 Å². The van der Waals surface area contributed by atoms with Crippen molar-refractivity contribution in [3.63, 3.8) is 0 Å². The number of hydrogen-bond acceptors (Lipinski definition) is 4. The number of likely N-dealkylation sites (tertiary alicyclic amines) is 1. The number of benzene rings is 2. The average molecular weight is 559 g/mol. The third kappa shape index (κ3) is 8.21. The molecule has 0 spiro atoms. The predicted octanol–water partition coefficient (Wildman–Crippen LogP) is 5.63. The number of amides is 2. The van der Waals surface area contributed by atoms with Crippen LogP contribution in [0.4, 0.5) is 4.79 Å². The summed E-state index contributed by atoms with van der Waals surface area (Å²) in [4.78, 5) is 28.7. The molecular formula is C25H33Co2N2O3S-. The number of carbonyl (C=O) groups is 2. The fourth-order valence-corrected chi connectivity index (χ4v) is 4.84. The summed E-state index contributed by atoms with van der Waals surface area (Å²) < 4.78 is 5.38. The first-order chi connectivity index (χ1) is 14.4. The molecule has 0 saturated carbocycles. The zero-order valence-electron chi connectivity index (χ0n) is 19.9. The number of nitrogens with one attached hydrogen (secondary N) is 1. The van der Waals surface area contributed by atoms with Gasteiger partial charge >= 0.3 is 6.09 Å². The minimum Gasteiger partial charge on any atom is -0.490 e. The molecular weight excluding hydrogens is 526 g/mol. The molecule has 0 aliphatic carbocycles. The molecule has 186 valence electrons. The number of thioether (sulfide) groups is 1. The van der Waals surface area contributed by atoms with Crippen molar-refractivity contribution in [2.45, 2.75) is 69.8 Å². The topological polar surface area (TPSA) is 58.6 Å². The van der Waals surface area contributed by atoms with E-state index in [2.05, 4.69) is 41.7 Å². The van der Waals surface area contributed by atoms with Crippen LogP contribution < -0.4 is 5.32 Å². The molecule has 33 heavy (non-hydrogen) atoms. The molecule has 1 saturated heterocycles. The molecule has 1 aliphatic rings. The maximum Gasteiger partial charge on any atom is 0.408 e. The molecule has 1 fully saturated rings. The molecule has 8 heteroatoms. The Morgan fingerprint density at radius 1 is 1.06 bits per heavy atom. The van der Waals surface area contributed by atoms with Gasteiger partial charge in [0.1, 0.15) is 11.6 Å². The van der Waals surface area contributed by atoms with E-state index in [1.807, 2.05) is 54.2 Å². The van der Waals surface area contributed by atoms with Gasteiger partial charge in [-0.25, -0.2) is 11.3 Å². The first kappa shape index (κ1) is 29.8. The Labute approximate surface area is 222 Å². The van der Waals surface area contributed by atoms with Gasteiger partial charge in [-0.3, -0.25) is 4.79 Å². The smallest absolute Gasteiger partial charge is 0.408 e. The van der Waals surface area contributed by atoms with E-state index in [-0.39, 0.29) is 44.7 Å². The van der Waals surface area contributed by atoms with Gasteiger partial charge in [-0.15, -0.1) is 18.2 Å². The van der Waals surface area contributed by atoms with Gasteiger partial charge in [0.2, 0.25) is 5.91 Å². The Morgan fingerprint density at radius 2 is 1.70 bits per heavy atom. The zero-order valence-corrected chi connectivity index (χ0v) is 22.8. The van der Waals surface area contributed by atoms with Crippen LogP contribution in [0.2, 0.25) is 0 Å². The van der Waals surface area contributed by atoms with Crippen LogP contribution in [0, 0.1) is 12.0 Å². The first-order valence-electron chi connectivity index (χ1n) is 10.7. The number of hydrogen-bond donors (Lipinski definition) is 1. The van der Waals surface area contributed by atoms with Gasteiger partial charge in [0.25, 0.3) is 0 Å². The minimum absolute atomic E-state index is 0. The summed E-state index contributed by atoms with van der Waals surface area (Å²) in [5.74, 6) is -0.0978. The van der Waals surface area contributed by atoms with Crippen molar-refractivity contribution in [1.29, 1.82) is 0 Å². The third-order valence-corrected chi connectivity index (χ3v) is 6.37. The summed E-state index contributed by atoms with van der Waals surface area (Å²) in [5.41, 5.74) is -1.06. The van der Waals surface area contributed by atoms with Crippen LogP contribution in [0.25, 0.3) is 10.8 Å². The Balaban J connectivity index is 0.00000272. The Kier molecular flexibility index (Phi) is 10.8. The van der Waals surface area contributed by atoms with Crippen LogP contribution in [-0.2, 0) is 43.1 Å². The second-order valence-corrected chi connectivity index (χ2v) is 11.4. The van der Waals surface area contributed by atoms with Gasteiger partial charge in [-0.2, -0.15) is 0 Å². The van der Waals surface area contributed by atoms with Crippen molar-refractivity contribution in [2.24, 2.45) is 5.41 Å². The van der Waals surface area contributed by atoms with Crippen molar-refractivity contribution in [3.05, 3.63) is 49.0 Å². The summed E-state index contributed by atoms with van der Waals surface area (Å²) in [6.45, 7) is 13.9. The Morgan fingerprint density at radius 3 is 2.33 bits per heavy atom. The number of fused-ring (bicyclic) bond motifs is 1. The van der Waals surface area contributed by atoms with E-state index in [4.69, 9.17) is 4.74 Å². The van der Waals surface area contributed by atoms with E-state index in [0.717, 1.165) is 6.42 Å². The zero-order chi connectivity index (χ0) is 22.8. The van der Waals surface area contributed by atoms with E-state index in [1.165, 1.54) is 15.7 Å². The number of carbonyl (C=O) groups excluding carboxylic acids is 2. The van der Waals surface area contributed by atoms with Crippen molar-refractivity contribution in [2.75, 3.05) is 6.54 Å². The fraction of sp³-hybridized carbons (Fsp3) is 0.480. The standard InChI is InChI=1S/C25H33N2O3S.2Co/c1-24(2,3)21(26-23(29)30-25(4,5)6)22(28)27-15-14-18(16-27)31-20-13-9-11-17-10-7-8-12-19(17)20;;/h7-13,15,18,21H,14,16H2,1-6H3,(H,26,29);;/q-1;;/t18-,21-;;/m1../s1. The normalized spacial score (nSPS) is 17.0. The second-order valence-electron chi connectivity index (χ2n) is 10.1. The van der Waals surface area contributed by atoms with Gasteiger partial charge in [0.15, 0.2) is 0 Å². The van der Waals surface area contributed by atoms with Crippen LogP contribution in [0.1, 0.15) is 48.0 Å². The Bertz CT molecular complexity index is 951. The van der Waals surface area contributed by atoms with Crippen molar-refractivity contribution in [1.82, 2.24) is 10.2 Å². The second kappa shape index (κ2) is 12.0. The molecule has 0 aromatic heterocycles. The van der Waals surface area contributed by atoms with Crippen LogP contribution >= 0.6 is 11.8 Å². The molecule has 2 aromatic carbocycles. The van der Waals surface area contributed by atoms with Crippen molar-refractivity contribution >= 4 is 34.5 Å². The fourth-order valence-electron chi connectivity index (χ4n) is 3.60. The van der Waals surface area contributed by atoms with E-state index >= 15 is 0 Å². The van der Waals surface area contributed by atoms with Gasteiger partial charge in [0, 0.05) is 45.0 Å². The largest absolute Gasteiger partial charge is 0.490 e. The van der Waals surface area contributed by atoms with Gasteiger partial charge in [-0.05, 0) is 48.3 Å². The summed E-state index contributed by atoms with van der Waals surface area (Å²) in [5, 5.41) is 5.53. The number of alkyl carbamates (subject to hydrolysis) is 1.